The van der Waals surface area contributed by atoms with Gasteiger partial charge in [-0.15, -0.1) is 0 Å². The minimum Gasteiger partial charge on any atom is -0.495 e. The normalized spacial score (nSPS) is 14.2. The minimum atomic E-state index is -0.958. The van der Waals surface area contributed by atoms with Crippen molar-refractivity contribution in [1.29, 1.82) is 0 Å². The van der Waals surface area contributed by atoms with Gasteiger partial charge in [0.25, 0.3) is 11.8 Å². The SMILES string of the molecule is CCOc1cc(/C=C2\C(=O)NC(=O)N(c3cc(OC)c(Cl)cc3OC)C2=O)cc(Cl)c1OCc1cccc2ccccc12. The van der Waals surface area contributed by atoms with Crippen molar-refractivity contribution >= 4 is 63.6 Å². The number of carbonyl (C=O) groups is 3. The zero-order valence-corrected chi connectivity index (χ0v) is 24.9. The summed E-state index contributed by atoms with van der Waals surface area (Å²) >= 11 is 12.8. The lowest BCUT2D eigenvalue weighted by Gasteiger charge is -2.28. The van der Waals surface area contributed by atoms with E-state index in [1.54, 1.807) is 12.1 Å². The fraction of sp³-hybridized carbons (Fsp3) is 0.156. The molecule has 1 saturated heterocycles. The van der Waals surface area contributed by atoms with Gasteiger partial charge in [0.15, 0.2) is 11.5 Å². The average Bonchev–Trinajstić information content (AvgIpc) is 2.99. The second-order valence-electron chi connectivity index (χ2n) is 9.31. The van der Waals surface area contributed by atoms with Crippen LogP contribution in [0, 0.1) is 0 Å². The van der Waals surface area contributed by atoms with Crippen LogP contribution in [0.4, 0.5) is 10.5 Å². The molecule has 0 radical (unpaired) electrons. The molecule has 220 valence electrons. The molecule has 0 aromatic heterocycles. The molecular formula is C32H26Cl2N2O7. The predicted molar refractivity (Wildman–Crippen MR) is 164 cm³/mol. The molecule has 0 saturated carbocycles. The first kappa shape index (κ1) is 29.8. The third-order valence-corrected chi connectivity index (χ3v) is 7.27. The molecule has 1 fully saturated rings. The molecule has 1 heterocycles. The van der Waals surface area contributed by atoms with Gasteiger partial charge >= 0.3 is 6.03 Å². The molecule has 0 aliphatic carbocycles. The van der Waals surface area contributed by atoms with Crippen LogP contribution < -0.4 is 29.2 Å². The summed E-state index contributed by atoms with van der Waals surface area (Å²) in [6.45, 7) is 2.34. The van der Waals surface area contributed by atoms with Gasteiger partial charge in [-0.3, -0.25) is 14.9 Å². The number of methoxy groups -OCH3 is 2. The Kier molecular flexibility index (Phi) is 8.75. The van der Waals surface area contributed by atoms with Crippen LogP contribution in [0.1, 0.15) is 18.1 Å². The van der Waals surface area contributed by atoms with Gasteiger partial charge in [-0.05, 0) is 47.0 Å². The number of urea groups is 1. The van der Waals surface area contributed by atoms with Crippen LogP contribution in [0.2, 0.25) is 10.0 Å². The van der Waals surface area contributed by atoms with Gasteiger partial charge in [0.1, 0.15) is 23.7 Å². The fourth-order valence-corrected chi connectivity index (χ4v) is 5.21. The molecule has 0 atom stereocenters. The summed E-state index contributed by atoms with van der Waals surface area (Å²) in [7, 11) is 2.75. The topological polar surface area (TPSA) is 103 Å². The lowest BCUT2D eigenvalue weighted by molar-refractivity contribution is -0.122. The van der Waals surface area contributed by atoms with E-state index < -0.39 is 17.8 Å². The Balaban J connectivity index is 1.49. The number of nitrogens with one attached hydrogen (secondary N) is 1. The van der Waals surface area contributed by atoms with E-state index in [1.165, 1.54) is 32.4 Å². The molecule has 9 nitrogen and oxygen atoms in total. The molecule has 5 rings (SSSR count). The Morgan fingerprint density at radius 2 is 1.58 bits per heavy atom. The van der Waals surface area contributed by atoms with E-state index >= 15 is 0 Å². The van der Waals surface area contributed by atoms with E-state index in [2.05, 4.69) is 5.32 Å². The summed E-state index contributed by atoms with van der Waals surface area (Å²) in [5, 5.41) is 4.74. The first-order valence-electron chi connectivity index (χ1n) is 13.1. The van der Waals surface area contributed by atoms with E-state index in [0.717, 1.165) is 21.2 Å². The van der Waals surface area contributed by atoms with Crippen molar-refractivity contribution in [2.45, 2.75) is 13.5 Å². The molecule has 0 unspecified atom stereocenters. The van der Waals surface area contributed by atoms with Gasteiger partial charge in [0.2, 0.25) is 0 Å². The van der Waals surface area contributed by atoms with Crippen LogP contribution in [0.3, 0.4) is 0 Å². The number of benzene rings is 4. The van der Waals surface area contributed by atoms with E-state index in [-0.39, 0.29) is 39.4 Å². The van der Waals surface area contributed by atoms with E-state index in [9.17, 15) is 14.4 Å². The standard InChI is InChI=1S/C32H26Cl2N2O7/c1-4-42-28-14-18(13-24(34)29(28)43-17-20-10-7-9-19-8-5-6-11-21(19)20)12-22-30(37)35-32(39)36(31(22)38)25-16-26(40-2)23(33)15-27(25)41-3/h5-16H,4,17H2,1-3H3,(H,35,37,39)/b22-12+. The number of nitrogens with zero attached hydrogens (tertiary/aromatic N) is 1. The number of ether oxygens (including phenoxy) is 4. The van der Waals surface area contributed by atoms with Crippen LogP contribution in [0.15, 0.2) is 72.3 Å². The van der Waals surface area contributed by atoms with E-state index in [4.69, 9.17) is 42.1 Å². The molecule has 43 heavy (non-hydrogen) atoms. The largest absolute Gasteiger partial charge is 0.495 e. The molecular weight excluding hydrogens is 595 g/mol. The van der Waals surface area contributed by atoms with E-state index in [0.29, 0.717) is 23.7 Å². The zero-order chi connectivity index (χ0) is 30.7. The highest BCUT2D eigenvalue weighted by Crippen LogP contribution is 2.41. The van der Waals surface area contributed by atoms with Crippen molar-refractivity contribution in [3.63, 3.8) is 0 Å². The number of halogens is 2. The zero-order valence-electron chi connectivity index (χ0n) is 23.4. The van der Waals surface area contributed by atoms with Crippen LogP contribution in [0.25, 0.3) is 16.8 Å². The van der Waals surface area contributed by atoms with Gasteiger partial charge in [-0.1, -0.05) is 65.7 Å². The summed E-state index contributed by atoms with van der Waals surface area (Å²) in [5.74, 6) is -0.806. The van der Waals surface area contributed by atoms with Crippen LogP contribution in [0.5, 0.6) is 23.0 Å². The van der Waals surface area contributed by atoms with Gasteiger partial charge in [-0.25, -0.2) is 9.69 Å². The van der Waals surface area contributed by atoms with E-state index in [1.807, 2.05) is 49.4 Å². The Bertz CT molecular complexity index is 1780. The van der Waals surface area contributed by atoms with Gasteiger partial charge in [0, 0.05) is 12.1 Å². The smallest absolute Gasteiger partial charge is 0.336 e. The molecule has 1 N–H and O–H groups in total. The minimum absolute atomic E-state index is 0.0369. The quantitative estimate of drug-likeness (QED) is 0.162. The molecule has 0 spiro atoms. The summed E-state index contributed by atoms with van der Waals surface area (Å²) in [6, 6.07) is 18.9. The highest BCUT2D eigenvalue weighted by Gasteiger charge is 2.38. The van der Waals surface area contributed by atoms with Crippen LogP contribution in [-0.4, -0.2) is 38.7 Å². The molecule has 11 heteroatoms. The maximum atomic E-state index is 13.6. The number of hydrogen-bond donors (Lipinski definition) is 1. The average molecular weight is 621 g/mol. The number of anilines is 1. The van der Waals surface area contributed by atoms with Gasteiger partial charge < -0.3 is 18.9 Å². The molecule has 1 aliphatic heterocycles. The van der Waals surface area contributed by atoms with Crippen molar-refractivity contribution in [2.75, 3.05) is 25.7 Å². The molecule has 4 aromatic carbocycles. The van der Waals surface area contributed by atoms with Crippen molar-refractivity contribution in [3.05, 3.63) is 93.5 Å². The Morgan fingerprint density at radius 1 is 0.837 bits per heavy atom. The lowest BCUT2D eigenvalue weighted by atomic mass is 10.1. The third-order valence-electron chi connectivity index (χ3n) is 6.69. The number of rotatable bonds is 9. The maximum Gasteiger partial charge on any atom is 0.336 e. The Morgan fingerprint density at radius 3 is 2.33 bits per heavy atom. The molecule has 0 bridgehead atoms. The van der Waals surface area contributed by atoms with Gasteiger partial charge in [-0.2, -0.15) is 0 Å². The highest BCUT2D eigenvalue weighted by atomic mass is 35.5. The summed E-state index contributed by atoms with van der Waals surface area (Å²) in [4.78, 5) is 40.0. The van der Waals surface area contributed by atoms with Gasteiger partial charge in [0.05, 0.1) is 36.6 Å². The van der Waals surface area contributed by atoms with Crippen LogP contribution in [-0.2, 0) is 16.2 Å². The number of fused-ring (bicyclic) bond motifs is 1. The second-order valence-corrected chi connectivity index (χ2v) is 10.1. The number of hydrogen-bond acceptors (Lipinski definition) is 7. The summed E-state index contributed by atoms with van der Waals surface area (Å²) < 4.78 is 22.5. The number of carbonyl (C=O) groups excluding carboxylic acids is 3. The van der Waals surface area contributed by atoms with Crippen molar-refractivity contribution in [2.24, 2.45) is 0 Å². The van der Waals surface area contributed by atoms with Crippen molar-refractivity contribution in [1.82, 2.24) is 5.32 Å². The molecule has 1 aliphatic rings. The number of amides is 4. The Hall–Kier alpha value is -4.73. The van der Waals surface area contributed by atoms with Crippen LogP contribution >= 0.6 is 23.2 Å². The first-order valence-corrected chi connectivity index (χ1v) is 13.9. The fourth-order valence-electron chi connectivity index (χ4n) is 4.70. The third kappa shape index (κ3) is 5.95. The molecule has 4 amide bonds. The predicted octanol–water partition coefficient (Wildman–Crippen LogP) is 6.81. The lowest BCUT2D eigenvalue weighted by Crippen LogP contribution is -2.54. The summed E-state index contributed by atoms with van der Waals surface area (Å²) in [6.07, 6.45) is 1.32. The summed E-state index contributed by atoms with van der Waals surface area (Å²) in [5.41, 5.74) is 1.05. The number of imide groups is 2. The highest BCUT2D eigenvalue weighted by molar-refractivity contribution is 6.40. The van der Waals surface area contributed by atoms with Crippen molar-refractivity contribution in [3.8, 4) is 23.0 Å². The second kappa shape index (κ2) is 12.6. The first-order chi connectivity index (χ1) is 20.7. The molecule has 4 aromatic rings. The number of barbiturate groups is 1. The maximum absolute atomic E-state index is 13.6. The van der Waals surface area contributed by atoms with Crippen molar-refractivity contribution < 1.29 is 33.3 Å². The Labute approximate surface area is 257 Å². The monoisotopic (exact) mass is 620 g/mol.